The number of hydrogen-bond acceptors (Lipinski definition) is 2. The Morgan fingerprint density at radius 1 is 1.19 bits per heavy atom. The summed E-state index contributed by atoms with van der Waals surface area (Å²) in [6.45, 7) is 2.64. The number of hydrogen-bond donors (Lipinski definition) is 2. The normalized spacial score (nSPS) is 16.9. The van der Waals surface area contributed by atoms with E-state index in [0.29, 0.717) is 18.0 Å². The minimum atomic E-state index is -0.403. The molecule has 1 fully saturated rings. The van der Waals surface area contributed by atoms with E-state index in [1.807, 2.05) is 19.2 Å². The Kier molecular flexibility index (Phi) is 7.44. The summed E-state index contributed by atoms with van der Waals surface area (Å²) in [7, 11) is 1.81. The number of rotatable bonds is 4. The fourth-order valence-electron chi connectivity index (χ4n) is 3.25. The van der Waals surface area contributed by atoms with Crippen LogP contribution in [0.25, 0.3) is 0 Å². The minimum Gasteiger partial charge on any atom is -0.366 e. The Balaban J connectivity index is 0.00000243. The van der Waals surface area contributed by atoms with Gasteiger partial charge in [0.2, 0.25) is 5.91 Å². The summed E-state index contributed by atoms with van der Waals surface area (Å²) < 4.78 is 0. The van der Waals surface area contributed by atoms with E-state index in [1.165, 1.54) is 5.56 Å². The van der Waals surface area contributed by atoms with Crippen LogP contribution in [0.2, 0.25) is 0 Å². The highest BCUT2D eigenvalue weighted by Gasteiger charge is 2.25. The first-order chi connectivity index (χ1) is 12.2. The number of carbonyl (C=O) groups excluding carboxylic acids is 1. The van der Waals surface area contributed by atoms with Gasteiger partial charge in [-0.1, -0.05) is 42.5 Å². The fourth-order valence-corrected chi connectivity index (χ4v) is 3.25. The molecule has 1 aliphatic heterocycles. The molecule has 2 aromatic carbocycles. The first-order valence-electron chi connectivity index (χ1n) is 8.56. The van der Waals surface area contributed by atoms with E-state index in [-0.39, 0.29) is 24.0 Å². The SMILES string of the molecule is CN=C(NCc1ccc(C(N)=O)cc1)N1CCC(c2ccccc2)C1.I. The highest BCUT2D eigenvalue weighted by Crippen LogP contribution is 2.26. The largest absolute Gasteiger partial charge is 0.366 e. The number of amides is 1. The van der Waals surface area contributed by atoms with Gasteiger partial charge in [0.15, 0.2) is 5.96 Å². The van der Waals surface area contributed by atoms with Gasteiger partial charge in [-0.15, -0.1) is 24.0 Å². The Morgan fingerprint density at radius 3 is 2.50 bits per heavy atom. The lowest BCUT2D eigenvalue weighted by Crippen LogP contribution is -2.39. The lowest BCUT2D eigenvalue weighted by atomic mass is 9.99. The molecule has 138 valence electrons. The van der Waals surface area contributed by atoms with Crippen molar-refractivity contribution in [3.05, 3.63) is 71.3 Å². The van der Waals surface area contributed by atoms with E-state index in [1.54, 1.807) is 12.1 Å². The molecule has 6 heteroatoms. The van der Waals surface area contributed by atoms with Gasteiger partial charge in [-0.3, -0.25) is 9.79 Å². The van der Waals surface area contributed by atoms with Crippen LogP contribution in [0.1, 0.15) is 33.8 Å². The molecule has 0 aliphatic carbocycles. The maximum absolute atomic E-state index is 11.1. The number of primary amides is 1. The molecule has 1 unspecified atom stereocenters. The van der Waals surface area contributed by atoms with Gasteiger partial charge in [-0.25, -0.2) is 0 Å². The maximum Gasteiger partial charge on any atom is 0.248 e. The molecule has 1 aliphatic rings. The third-order valence-corrected chi connectivity index (χ3v) is 4.66. The van der Waals surface area contributed by atoms with Crippen LogP contribution in [-0.4, -0.2) is 36.9 Å². The minimum absolute atomic E-state index is 0. The second-order valence-electron chi connectivity index (χ2n) is 6.30. The molecule has 0 bridgehead atoms. The zero-order valence-corrected chi connectivity index (χ0v) is 17.2. The van der Waals surface area contributed by atoms with Crippen LogP contribution >= 0.6 is 24.0 Å². The molecule has 3 N–H and O–H groups in total. The average Bonchev–Trinajstić information content (AvgIpc) is 3.13. The Bertz CT molecular complexity index is 746. The van der Waals surface area contributed by atoms with Crippen LogP contribution in [0.15, 0.2) is 59.6 Å². The van der Waals surface area contributed by atoms with Crippen molar-refractivity contribution in [3.63, 3.8) is 0 Å². The number of carbonyl (C=O) groups is 1. The van der Waals surface area contributed by atoms with Crippen molar-refractivity contribution in [2.75, 3.05) is 20.1 Å². The first-order valence-corrected chi connectivity index (χ1v) is 8.56. The van der Waals surface area contributed by atoms with Gasteiger partial charge in [-0.2, -0.15) is 0 Å². The summed E-state index contributed by atoms with van der Waals surface area (Å²) in [4.78, 5) is 17.8. The van der Waals surface area contributed by atoms with Crippen LogP contribution in [0.5, 0.6) is 0 Å². The van der Waals surface area contributed by atoms with Crippen molar-refractivity contribution in [1.29, 1.82) is 0 Å². The van der Waals surface area contributed by atoms with E-state index in [9.17, 15) is 4.79 Å². The number of guanidine groups is 1. The lowest BCUT2D eigenvalue weighted by Gasteiger charge is -2.22. The predicted molar refractivity (Wildman–Crippen MR) is 116 cm³/mol. The Morgan fingerprint density at radius 2 is 1.88 bits per heavy atom. The second-order valence-corrected chi connectivity index (χ2v) is 6.30. The van der Waals surface area contributed by atoms with Crippen molar-refractivity contribution >= 4 is 35.8 Å². The molecule has 5 nitrogen and oxygen atoms in total. The summed E-state index contributed by atoms with van der Waals surface area (Å²) in [5, 5.41) is 3.41. The van der Waals surface area contributed by atoms with Crippen LogP contribution in [0.3, 0.4) is 0 Å². The molecule has 1 amide bonds. The zero-order valence-electron chi connectivity index (χ0n) is 14.9. The average molecular weight is 464 g/mol. The van der Waals surface area contributed by atoms with Crippen molar-refractivity contribution < 1.29 is 4.79 Å². The van der Waals surface area contributed by atoms with E-state index in [2.05, 4.69) is 45.5 Å². The molecule has 0 aromatic heterocycles. The highest BCUT2D eigenvalue weighted by atomic mass is 127. The monoisotopic (exact) mass is 464 g/mol. The number of nitrogens with two attached hydrogens (primary N) is 1. The molecule has 2 aromatic rings. The number of likely N-dealkylation sites (tertiary alicyclic amines) is 1. The third-order valence-electron chi connectivity index (χ3n) is 4.66. The van der Waals surface area contributed by atoms with Gasteiger partial charge >= 0.3 is 0 Å². The number of nitrogens with zero attached hydrogens (tertiary/aromatic N) is 2. The van der Waals surface area contributed by atoms with E-state index in [0.717, 1.165) is 31.0 Å². The maximum atomic E-state index is 11.1. The quantitative estimate of drug-likeness (QED) is 0.415. The van der Waals surface area contributed by atoms with Gasteiger partial charge in [0.05, 0.1) is 0 Å². The first kappa shape index (κ1) is 20.2. The zero-order chi connectivity index (χ0) is 17.6. The smallest absolute Gasteiger partial charge is 0.248 e. The summed E-state index contributed by atoms with van der Waals surface area (Å²) in [6, 6.07) is 18.0. The Labute approximate surface area is 171 Å². The van der Waals surface area contributed by atoms with Crippen molar-refractivity contribution in [2.24, 2.45) is 10.7 Å². The van der Waals surface area contributed by atoms with Crippen molar-refractivity contribution in [1.82, 2.24) is 10.2 Å². The molecule has 0 radical (unpaired) electrons. The van der Waals surface area contributed by atoms with Crippen LogP contribution in [0, 0.1) is 0 Å². The topological polar surface area (TPSA) is 70.7 Å². The summed E-state index contributed by atoms with van der Waals surface area (Å²) in [5.41, 5.74) is 8.28. The van der Waals surface area contributed by atoms with Crippen molar-refractivity contribution in [2.45, 2.75) is 18.9 Å². The van der Waals surface area contributed by atoms with Crippen LogP contribution < -0.4 is 11.1 Å². The van der Waals surface area contributed by atoms with Crippen LogP contribution in [0.4, 0.5) is 0 Å². The van der Waals surface area contributed by atoms with E-state index >= 15 is 0 Å². The molecule has 1 saturated heterocycles. The standard InChI is InChI=1S/C20H24N4O.HI/c1-22-20(23-13-15-7-9-17(10-8-15)19(21)25)24-12-11-18(14-24)16-5-3-2-4-6-16;/h2-10,18H,11-14H2,1H3,(H2,21,25)(H,22,23);1H. The second kappa shape index (κ2) is 9.56. The molecule has 1 atom stereocenters. The number of benzene rings is 2. The summed E-state index contributed by atoms with van der Waals surface area (Å²) >= 11 is 0. The molecule has 0 saturated carbocycles. The molecular formula is C20H25IN4O. The van der Waals surface area contributed by atoms with E-state index < -0.39 is 5.91 Å². The molecule has 3 rings (SSSR count). The van der Waals surface area contributed by atoms with Crippen molar-refractivity contribution in [3.8, 4) is 0 Å². The van der Waals surface area contributed by atoms with E-state index in [4.69, 9.17) is 5.73 Å². The van der Waals surface area contributed by atoms with Gasteiger partial charge < -0.3 is 16.0 Å². The fraction of sp³-hybridized carbons (Fsp3) is 0.300. The third kappa shape index (κ3) is 4.97. The molecule has 26 heavy (non-hydrogen) atoms. The molecule has 0 spiro atoms. The number of nitrogens with one attached hydrogen (secondary N) is 1. The highest BCUT2D eigenvalue weighted by molar-refractivity contribution is 14.0. The number of aliphatic imine (C=N–C) groups is 1. The predicted octanol–water partition coefficient (Wildman–Crippen LogP) is 2.97. The summed E-state index contributed by atoms with van der Waals surface area (Å²) in [5.74, 6) is 1.06. The lowest BCUT2D eigenvalue weighted by molar-refractivity contribution is 0.100. The van der Waals surface area contributed by atoms with Gasteiger partial charge in [0.1, 0.15) is 0 Å². The molecule has 1 heterocycles. The van der Waals surface area contributed by atoms with Gasteiger partial charge in [0.25, 0.3) is 0 Å². The van der Waals surface area contributed by atoms with Crippen LogP contribution in [-0.2, 0) is 6.54 Å². The molecular weight excluding hydrogens is 439 g/mol. The Hall–Kier alpha value is -2.09. The van der Waals surface area contributed by atoms with Gasteiger partial charge in [-0.05, 0) is 29.7 Å². The summed E-state index contributed by atoms with van der Waals surface area (Å²) in [6.07, 6.45) is 1.14. The number of halogens is 1. The van der Waals surface area contributed by atoms with Gasteiger partial charge in [0, 0.05) is 38.2 Å².